The molecule has 5 heteroatoms. The van der Waals surface area contributed by atoms with Crippen LogP contribution in [-0.4, -0.2) is 31.3 Å². The zero-order chi connectivity index (χ0) is 11.3. The molecule has 0 fully saturated rings. The molecule has 0 aliphatic heterocycles. The second-order valence-electron chi connectivity index (χ2n) is 2.83. The van der Waals surface area contributed by atoms with Crippen LogP contribution in [0.25, 0.3) is 0 Å². The van der Waals surface area contributed by atoms with Crippen molar-refractivity contribution in [3.8, 4) is 5.75 Å². The Bertz CT molecular complexity index is 355. The third kappa shape index (κ3) is 3.21. The molecular weight excluding hydrogens is 262 g/mol. The maximum absolute atomic E-state index is 11.5. The van der Waals surface area contributed by atoms with E-state index in [4.69, 9.17) is 9.84 Å². The molecule has 82 valence electrons. The number of carbonyl (C=O) groups is 1. The van der Waals surface area contributed by atoms with E-state index in [9.17, 15) is 4.79 Å². The minimum atomic E-state index is -0.215. The Hall–Kier alpha value is -1.07. The van der Waals surface area contributed by atoms with Gasteiger partial charge in [-0.25, -0.2) is 0 Å². The van der Waals surface area contributed by atoms with E-state index in [1.54, 1.807) is 25.3 Å². The van der Waals surface area contributed by atoms with Gasteiger partial charge in [-0.1, -0.05) is 0 Å². The molecule has 0 atom stereocenters. The van der Waals surface area contributed by atoms with E-state index in [0.717, 1.165) is 4.47 Å². The van der Waals surface area contributed by atoms with Crippen LogP contribution >= 0.6 is 15.9 Å². The van der Waals surface area contributed by atoms with Crippen molar-refractivity contribution in [2.75, 3.05) is 20.3 Å². The van der Waals surface area contributed by atoms with Gasteiger partial charge in [0.05, 0.1) is 18.2 Å². The van der Waals surface area contributed by atoms with Gasteiger partial charge in [-0.05, 0) is 34.1 Å². The number of methoxy groups -OCH3 is 1. The number of aliphatic hydroxyl groups is 1. The fraction of sp³-hybridized carbons (Fsp3) is 0.300. The summed E-state index contributed by atoms with van der Waals surface area (Å²) in [5.74, 6) is 0.459. The van der Waals surface area contributed by atoms with Crippen LogP contribution in [0.4, 0.5) is 0 Å². The van der Waals surface area contributed by atoms with E-state index in [2.05, 4.69) is 21.2 Å². The topological polar surface area (TPSA) is 58.6 Å². The molecule has 1 rings (SSSR count). The van der Waals surface area contributed by atoms with E-state index in [1.165, 1.54) is 0 Å². The standard InChI is InChI=1S/C10H12BrNO3/c1-15-9-3-2-7(6-8(9)11)10(14)12-4-5-13/h2-3,6,13H,4-5H2,1H3,(H,12,14). The summed E-state index contributed by atoms with van der Waals surface area (Å²) in [6.45, 7) is 0.186. The molecule has 2 N–H and O–H groups in total. The smallest absolute Gasteiger partial charge is 0.251 e. The number of ether oxygens (including phenoxy) is 1. The summed E-state index contributed by atoms with van der Waals surface area (Å²) in [4.78, 5) is 11.5. The molecule has 1 aromatic carbocycles. The lowest BCUT2D eigenvalue weighted by molar-refractivity contribution is 0.0944. The molecule has 1 aromatic rings. The van der Waals surface area contributed by atoms with Crippen LogP contribution in [0.3, 0.4) is 0 Å². The fourth-order valence-electron chi connectivity index (χ4n) is 1.08. The number of hydrogen-bond acceptors (Lipinski definition) is 3. The lowest BCUT2D eigenvalue weighted by Gasteiger charge is -2.06. The largest absolute Gasteiger partial charge is 0.496 e. The average Bonchev–Trinajstić information content (AvgIpc) is 2.25. The highest BCUT2D eigenvalue weighted by molar-refractivity contribution is 9.10. The second-order valence-corrected chi connectivity index (χ2v) is 3.68. The molecule has 0 aromatic heterocycles. The van der Waals surface area contributed by atoms with Crippen molar-refractivity contribution < 1.29 is 14.6 Å². The van der Waals surface area contributed by atoms with Gasteiger partial charge in [-0.15, -0.1) is 0 Å². The molecule has 0 bridgehead atoms. The van der Waals surface area contributed by atoms with Crippen molar-refractivity contribution in [3.63, 3.8) is 0 Å². The van der Waals surface area contributed by atoms with E-state index in [-0.39, 0.29) is 19.1 Å². The molecule has 0 unspecified atom stereocenters. The molecule has 0 aliphatic carbocycles. The molecule has 0 heterocycles. The first-order valence-electron chi connectivity index (χ1n) is 4.41. The van der Waals surface area contributed by atoms with E-state index in [0.29, 0.717) is 11.3 Å². The van der Waals surface area contributed by atoms with Crippen LogP contribution in [0.15, 0.2) is 22.7 Å². The first kappa shape index (κ1) is 12.0. The van der Waals surface area contributed by atoms with E-state index >= 15 is 0 Å². The summed E-state index contributed by atoms with van der Waals surface area (Å²) >= 11 is 3.29. The summed E-state index contributed by atoms with van der Waals surface area (Å²) in [5.41, 5.74) is 0.524. The number of aliphatic hydroxyl groups excluding tert-OH is 1. The zero-order valence-electron chi connectivity index (χ0n) is 8.29. The number of carbonyl (C=O) groups excluding carboxylic acids is 1. The van der Waals surface area contributed by atoms with Crippen molar-refractivity contribution in [2.24, 2.45) is 0 Å². The van der Waals surface area contributed by atoms with Crippen molar-refractivity contribution in [2.45, 2.75) is 0 Å². The Morgan fingerprint density at radius 2 is 2.33 bits per heavy atom. The Morgan fingerprint density at radius 1 is 1.60 bits per heavy atom. The van der Waals surface area contributed by atoms with Crippen LogP contribution < -0.4 is 10.1 Å². The molecule has 0 saturated carbocycles. The van der Waals surface area contributed by atoms with Gasteiger partial charge in [0.25, 0.3) is 5.91 Å². The van der Waals surface area contributed by atoms with Gasteiger partial charge in [0.15, 0.2) is 0 Å². The van der Waals surface area contributed by atoms with Crippen LogP contribution in [0, 0.1) is 0 Å². The minimum absolute atomic E-state index is 0.0664. The molecule has 1 amide bonds. The first-order valence-corrected chi connectivity index (χ1v) is 5.21. The van der Waals surface area contributed by atoms with Crippen molar-refractivity contribution >= 4 is 21.8 Å². The maximum atomic E-state index is 11.5. The van der Waals surface area contributed by atoms with Gasteiger partial charge in [-0.2, -0.15) is 0 Å². The quantitative estimate of drug-likeness (QED) is 0.866. The van der Waals surface area contributed by atoms with Gasteiger partial charge in [0, 0.05) is 12.1 Å². The number of benzene rings is 1. The summed E-state index contributed by atoms with van der Waals surface area (Å²) in [7, 11) is 1.56. The van der Waals surface area contributed by atoms with Crippen molar-refractivity contribution in [1.82, 2.24) is 5.32 Å². The Balaban J connectivity index is 2.78. The number of rotatable bonds is 4. The van der Waals surface area contributed by atoms with Gasteiger partial charge in [-0.3, -0.25) is 4.79 Å². The van der Waals surface area contributed by atoms with Crippen molar-refractivity contribution in [1.29, 1.82) is 0 Å². The summed E-state index contributed by atoms with van der Waals surface area (Å²) < 4.78 is 5.77. The predicted octanol–water partition coefficient (Wildman–Crippen LogP) is 1.18. The molecule has 0 aliphatic rings. The van der Waals surface area contributed by atoms with Gasteiger partial charge in [0.2, 0.25) is 0 Å². The second kappa shape index (κ2) is 5.72. The lowest BCUT2D eigenvalue weighted by Crippen LogP contribution is -2.26. The van der Waals surface area contributed by atoms with Crippen LogP contribution in [0.5, 0.6) is 5.75 Å². The number of amides is 1. The molecule has 0 radical (unpaired) electrons. The molecular formula is C10H12BrNO3. The normalized spacial score (nSPS) is 9.80. The summed E-state index contributed by atoms with van der Waals surface area (Å²) in [6.07, 6.45) is 0. The average molecular weight is 274 g/mol. The Kier molecular flexibility index (Phi) is 4.58. The maximum Gasteiger partial charge on any atom is 0.251 e. The number of nitrogens with one attached hydrogen (secondary N) is 1. The Labute approximate surface area is 96.4 Å². The van der Waals surface area contributed by atoms with Crippen LogP contribution in [-0.2, 0) is 0 Å². The van der Waals surface area contributed by atoms with Gasteiger partial charge in [0.1, 0.15) is 5.75 Å². The lowest BCUT2D eigenvalue weighted by atomic mass is 10.2. The number of hydrogen-bond donors (Lipinski definition) is 2. The van der Waals surface area contributed by atoms with Crippen LogP contribution in [0.1, 0.15) is 10.4 Å². The summed E-state index contributed by atoms with van der Waals surface area (Å²) in [6, 6.07) is 5.04. The zero-order valence-corrected chi connectivity index (χ0v) is 9.87. The third-order valence-corrected chi connectivity index (χ3v) is 2.43. The highest BCUT2D eigenvalue weighted by atomic mass is 79.9. The van der Waals surface area contributed by atoms with Crippen molar-refractivity contribution in [3.05, 3.63) is 28.2 Å². The highest BCUT2D eigenvalue weighted by Crippen LogP contribution is 2.25. The first-order chi connectivity index (χ1) is 7.19. The number of halogens is 1. The molecule has 15 heavy (non-hydrogen) atoms. The van der Waals surface area contributed by atoms with E-state index in [1.807, 2.05) is 0 Å². The third-order valence-electron chi connectivity index (χ3n) is 1.81. The van der Waals surface area contributed by atoms with Gasteiger partial charge < -0.3 is 15.2 Å². The fourth-order valence-corrected chi connectivity index (χ4v) is 1.62. The SMILES string of the molecule is COc1ccc(C(=O)NCCO)cc1Br. The minimum Gasteiger partial charge on any atom is -0.496 e. The molecule has 0 spiro atoms. The monoisotopic (exact) mass is 273 g/mol. The Morgan fingerprint density at radius 3 is 2.87 bits per heavy atom. The van der Waals surface area contributed by atoms with E-state index < -0.39 is 0 Å². The predicted molar refractivity (Wildman–Crippen MR) is 60.1 cm³/mol. The van der Waals surface area contributed by atoms with Crippen LogP contribution in [0.2, 0.25) is 0 Å². The van der Waals surface area contributed by atoms with Gasteiger partial charge >= 0.3 is 0 Å². The molecule has 4 nitrogen and oxygen atoms in total. The summed E-state index contributed by atoms with van der Waals surface area (Å²) in [5, 5.41) is 11.1. The molecule has 0 saturated heterocycles. The highest BCUT2D eigenvalue weighted by Gasteiger charge is 2.07.